The summed E-state index contributed by atoms with van der Waals surface area (Å²) in [7, 11) is 0. The van der Waals surface area contributed by atoms with Gasteiger partial charge in [0.1, 0.15) is 0 Å². The molecule has 1 aliphatic carbocycles. The fraction of sp³-hybridized carbons (Fsp3) is 0.300. The van der Waals surface area contributed by atoms with Crippen LogP contribution in [-0.4, -0.2) is 12.3 Å². The predicted molar refractivity (Wildman–Crippen MR) is 47.9 cm³/mol. The molecule has 0 bridgehead atoms. The van der Waals surface area contributed by atoms with Gasteiger partial charge in [-0.3, -0.25) is 4.99 Å². The van der Waals surface area contributed by atoms with Gasteiger partial charge in [-0.15, -0.1) is 0 Å². The second-order valence-corrected chi connectivity index (χ2v) is 2.88. The maximum Gasteiger partial charge on any atom is 0.0646 e. The summed E-state index contributed by atoms with van der Waals surface area (Å²) in [4.78, 5) is 4.37. The van der Waals surface area contributed by atoms with E-state index in [2.05, 4.69) is 36.2 Å². The molecule has 2 rings (SSSR count). The van der Waals surface area contributed by atoms with Gasteiger partial charge in [0.25, 0.3) is 0 Å². The molecule has 0 aromatic carbocycles. The second-order valence-electron chi connectivity index (χ2n) is 2.88. The monoisotopic (exact) mass is 145 g/mol. The largest absolute Gasteiger partial charge is 0.285 e. The third kappa shape index (κ3) is 1.07. The van der Waals surface area contributed by atoms with Gasteiger partial charge in [0.15, 0.2) is 0 Å². The third-order valence-corrected chi connectivity index (χ3v) is 2.12. The highest BCUT2D eigenvalue weighted by atomic mass is 14.8. The van der Waals surface area contributed by atoms with Gasteiger partial charge in [-0.2, -0.15) is 0 Å². The molecule has 11 heavy (non-hydrogen) atoms. The molecular weight excluding hydrogens is 134 g/mol. The molecule has 1 nitrogen and oxygen atoms in total. The Morgan fingerprint density at radius 1 is 1.45 bits per heavy atom. The normalized spacial score (nSPS) is 21.7. The van der Waals surface area contributed by atoms with E-state index >= 15 is 0 Å². The van der Waals surface area contributed by atoms with E-state index in [-0.39, 0.29) is 0 Å². The lowest BCUT2D eigenvalue weighted by molar-refractivity contribution is 1.20. The number of allylic oxidation sites excluding steroid dienone is 4. The molecule has 0 saturated heterocycles. The molecule has 0 fully saturated rings. The van der Waals surface area contributed by atoms with Crippen LogP contribution >= 0.6 is 0 Å². The summed E-state index contributed by atoms with van der Waals surface area (Å²) in [5.74, 6) is 0. The topological polar surface area (TPSA) is 12.4 Å². The van der Waals surface area contributed by atoms with E-state index in [4.69, 9.17) is 0 Å². The number of hydrogen-bond donors (Lipinski definition) is 0. The van der Waals surface area contributed by atoms with Crippen molar-refractivity contribution in [2.75, 3.05) is 6.54 Å². The third-order valence-electron chi connectivity index (χ3n) is 2.12. The van der Waals surface area contributed by atoms with E-state index in [1.54, 1.807) is 0 Å². The van der Waals surface area contributed by atoms with E-state index in [9.17, 15) is 0 Å². The molecule has 1 heteroatoms. The molecule has 0 saturated carbocycles. The van der Waals surface area contributed by atoms with Gasteiger partial charge in [-0.25, -0.2) is 0 Å². The van der Waals surface area contributed by atoms with Crippen LogP contribution in [0.1, 0.15) is 13.3 Å². The predicted octanol–water partition coefficient (Wildman–Crippen LogP) is 2.27. The number of fused-ring (bicyclic) bond motifs is 1. The molecule has 0 unspecified atom stereocenters. The van der Waals surface area contributed by atoms with E-state index in [1.807, 2.05) is 0 Å². The first-order chi connectivity index (χ1) is 5.38. The minimum Gasteiger partial charge on any atom is -0.285 e. The summed E-state index contributed by atoms with van der Waals surface area (Å²) >= 11 is 0. The fourth-order valence-corrected chi connectivity index (χ4v) is 1.46. The van der Waals surface area contributed by atoms with Crippen LogP contribution in [0.25, 0.3) is 0 Å². The standard InChI is InChI=1S/C10H11N/c1-8-10-6-4-2-3-5-9(10)7-11-8/h2,4-6H,3,7H2,1H3. The van der Waals surface area contributed by atoms with E-state index in [1.165, 1.54) is 16.9 Å². The molecule has 0 aromatic rings. The van der Waals surface area contributed by atoms with Crippen LogP contribution in [0.5, 0.6) is 0 Å². The number of aliphatic imine (C=N–C) groups is 1. The van der Waals surface area contributed by atoms with Crippen molar-refractivity contribution in [1.29, 1.82) is 0 Å². The average Bonchev–Trinajstić information content (AvgIpc) is 2.25. The SMILES string of the molecule is CC1=NCC2=CCC=CC=C21. The minimum absolute atomic E-state index is 0.888. The van der Waals surface area contributed by atoms with E-state index in [0.717, 1.165) is 13.0 Å². The van der Waals surface area contributed by atoms with Gasteiger partial charge < -0.3 is 0 Å². The maximum atomic E-state index is 4.37. The highest BCUT2D eigenvalue weighted by molar-refractivity contribution is 6.05. The van der Waals surface area contributed by atoms with Crippen LogP contribution < -0.4 is 0 Å². The molecule has 0 amide bonds. The Bertz CT molecular complexity index is 290. The minimum atomic E-state index is 0.888. The number of nitrogens with zero attached hydrogens (tertiary/aromatic N) is 1. The van der Waals surface area contributed by atoms with Crippen LogP contribution in [0.2, 0.25) is 0 Å². The van der Waals surface area contributed by atoms with Crippen molar-refractivity contribution in [3.05, 3.63) is 35.5 Å². The molecule has 0 N–H and O–H groups in total. The van der Waals surface area contributed by atoms with Crippen molar-refractivity contribution >= 4 is 5.71 Å². The molecule has 0 spiro atoms. The highest BCUT2D eigenvalue weighted by Crippen LogP contribution is 2.22. The quantitative estimate of drug-likeness (QED) is 0.496. The summed E-state index contributed by atoms with van der Waals surface area (Å²) in [5.41, 5.74) is 3.91. The van der Waals surface area contributed by atoms with Crippen molar-refractivity contribution in [3.8, 4) is 0 Å². The Morgan fingerprint density at radius 3 is 3.27 bits per heavy atom. The first-order valence-electron chi connectivity index (χ1n) is 3.95. The molecular formula is C10H11N. The summed E-state index contributed by atoms with van der Waals surface area (Å²) in [6, 6.07) is 0. The summed E-state index contributed by atoms with van der Waals surface area (Å²) in [5, 5.41) is 0. The van der Waals surface area contributed by atoms with Gasteiger partial charge in [-0.05, 0) is 24.5 Å². The molecule has 56 valence electrons. The average molecular weight is 145 g/mol. The zero-order valence-corrected chi connectivity index (χ0v) is 6.67. The second kappa shape index (κ2) is 2.50. The van der Waals surface area contributed by atoms with Crippen LogP contribution in [0.15, 0.2) is 40.4 Å². The van der Waals surface area contributed by atoms with Crippen LogP contribution in [-0.2, 0) is 0 Å². The zero-order valence-electron chi connectivity index (χ0n) is 6.67. The molecule has 0 radical (unpaired) electrons. The smallest absolute Gasteiger partial charge is 0.0646 e. The van der Waals surface area contributed by atoms with Crippen LogP contribution in [0.3, 0.4) is 0 Å². The number of hydrogen-bond acceptors (Lipinski definition) is 1. The maximum absolute atomic E-state index is 4.37. The highest BCUT2D eigenvalue weighted by Gasteiger charge is 2.13. The number of rotatable bonds is 0. The Morgan fingerprint density at radius 2 is 2.36 bits per heavy atom. The first kappa shape index (κ1) is 6.59. The first-order valence-corrected chi connectivity index (χ1v) is 3.95. The molecule has 0 aromatic heterocycles. The van der Waals surface area contributed by atoms with Gasteiger partial charge in [0, 0.05) is 5.71 Å². The van der Waals surface area contributed by atoms with Gasteiger partial charge in [-0.1, -0.05) is 24.3 Å². The Balaban J connectivity index is 2.44. The van der Waals surface area contributed by atoms with Gasteiger partial charge in [0.2, 0.25) is 0 Å². The van der Waals surface area contributed by atoms with Crippen molar-refractivity contribution < 1.29 is 0 Å². The van der Waals surface area contributed by atoms with Crippen LogP contribution in [0, 0.1) is 0 Å². The van der Waals surface area contributed by atoms with Crippen LogP contribution in [0.4, 0.5) is 0 Å². The van der Waals surface area contributed by atoms with Gasteiger partial charge in [0.05, 0.1) is 6.54 Å². The van der Waals surface area contributed by atoms with Crippen molar-refractivity contribution in [3.63, 3.8) is 0 Å². The Labute approximate surface area is 66.8 Å². The molecule has 0 atom stereocenters. The molecule has 1 aliphatic heterocycles. The van der Waals surface area contributed by atoms with Gasteiger partial charge >= 0.3 is 0 Å². The van der Waals surface area contributed by atoms with E-state index < -0.39 is 0 Å². The lowest BCUT2D eigenvalue weighted by Crippen LogP contribution is -1.91. The Hall–Kier alpha value is -1.11. The summed E-state index contributed by atoms with van der Waals surface area (Å²) in [6.07, 6.45) is 9.76. The summed E-state index contributed by atoms with van der Waals surface area (Å²) < 4.78 is 0. The summed E-state index contributed by atoms with van der Waals surface area (Å²) in [6.45, 7) is 2.96. The Kier molecular flexibility index (Phi) is 1.50. The zero-order chi connectivity index (χ0) is 7.68. The van der Waals surface area contributed by atoms with Crippen molar-refractivity contribution in [2.24, 2.45) is 4.99 Å². The lowest BCUT2D eigenvalue weighted by Gasteiger charge is -1.96. The lowest BCUT2D eigenvalue weighted by atomic mass is 10.1. The van der Waals surface area contributed by atoms with Crippen molar-refractivity contribution in [2.45, 2.75) is 13.3 Å². The van der Waals surface area contributed by atoms with Crippen molar-refractivity contribution in [1.82, 2.24) is 0 Å². The molecule has 1 heterocycles. The van der Waals surface area contributed by atoms with E-state index in [0.29, 0.717) is 0 Å². The molecule has 2 aliphatic rings. The fourth-order valence-electron chi connectivity index (χ4n) is 1.46.